The lowest BCUT2D eigenvalue weighted by Gasteiger charge is -2.01. The molecule has 1 heterocycles. The molecule has 0 fully saturated rings. The summed E-state index contributed by atoms with van der Waals surface area (Å²) in [4.78, 5) is 18.3. The van der Waals surface area contributed by atoms with Crippen molar-refractivity contribution in [2.75, 3.05) is 5.32 Å². The van der Waals surface area contributed by atoms with E-state index in [-0.39, 0.29) is 11.8 Å². The van der Waals surface area contributed by atoms with Crippen molar-refractivity contribution in [2.45, 2.75) is 6.92 Å². The van der Waals surface area contributed by atoms with Gasteiger partial charge < -0.3 is 15.4 Å². The smallest absolute Gasteiger partial charge is 0.221 e. The maximum absolute atomic E-state index is 11.0. The van der Waals surface area contributed by atoms with Crippen LogP contribution in [0.2, 0.25) is 0 Å². The van der Waals surface area contributed by atoms with Crippen molar-refractivity contribution in [1.82, 2.24) is 4.98 Å². The van der Waals surface area contributed by atoms with E-state index >= 15 is 0 Å². The molecule has 0 aliphatic rings. The van der Waals surface area contributed by atoms with Crippen LogP contribution in [0.5, 0.6) is 5.88 Å². The number of aromatic hydroxyl groups is 1. The van der Waals surface area contributed by atoms with Crippen LogP contribution in [-0.2, 0) is 4.79 Å². The normalized spacial score (nSPS) is 11.2. The Morgan fingerprint density at radius 3 is 2.70 bits per heavy atom. The maximum Gasteiger partial charge on any atom is 0.221 e. The third kappa shape index (κ3) is 3.43. The van der Waals surface area contributed by atoms with Gasteiger partial charge in [-0.1, -0.05) is 15.9 Å². The Kier molecular flexibility index (Phi) is 4.16. The quantitative estimate of drug-likeness (QED) is 0.598. The lowest BCUT2D eigenvalue weighted by Crippen LogP contribution is -2.04. The van der Waals surface area contributed by atoms with E-state index in [0.717, 1.165) is 26.8 Å². The molecule has 0 spiro atoms. The molecule has 3 N–H and O–H groups in total. The Morgan fingerprint density at radius 2 is 2.00 bits per heavy atom. The number of amides is 1. The van der Waals surface area contributed by atoms with Gasteiger partial charge in [-0.15, -0.1) is 0 Å². The van der Waals surface area contributed by atoms with E-state index in [1.807, 2.05) is 18.2 Å². The molecule has 0 saturated carbocycles. The van der Waals surface area contributed by atoms with Crippen LogP contribution in [-0.4, -0.2) is 22.2 Å². The van der Waals surface area contributed by atoms with Gasteiger partial charge in [0.05, 0.1) is 11.3 Å². The van der Waals surface area contributed by atoms with Crippen LogP contribution < -0.4 is 5.32 Å². The van der Waals surface area contributed by atoms with Gasteiger partial charge in [0.1, 0.15) is 0 Å². The Balaban J connectivity index is 1.89. The van der Waals surface area contributed by atoms with Gasteiger partial charge in [0.2, 0.25) is 5.91 Å². The zero-order valence-electron chi connectivity index (χ0n) is 12.3. The summed E-state index contributed by atoms with van der Waals surface area (Å²) in [5, 5.41) is 13.6. The molecule has 0 unspecified atom stereocenters. The Bertz CT molecular complexity index is 898. The number of benzene rings is 2. The molecular weight excluding hydrogens is 358 g/mol. The second-order valence-corrected chi connectivity index (χ2v) is 5.98. The second-order valence-electron chi connectivity index (χ2n) is 5.06. The number of halogens is 1. The predicted molar refractivity (Wildman–Crippen MR) is 95.7 cm³/mol. The molecule has 0 bridgehead atoms. The van der Waals surface area contributed by atoms with E-state index in [1.165, 1.54) is 6.92 Å². The minimum atomic E-state index is -0.115. The highest BCUT2D eigenvalue weighted by Crippen LogP contribution is 2.28. The van der Waals surface area contributed by atoms with E-state index < -0.39 is 0 Å². The van der Waals surface area contributed by atoms with Crippen LogP contribution in [0, 0.1) is 0 Å². The van der Waals surface area contributed by atoms with Crippen molar-refractivity contribution in [3.8, 4) is 5.88 Å². The van der Waals surface area contributed by atoms with Crippen molar-refractivity contribution in [1.29, 1.82) is 0 Å². The average molecular weight is 372 g/mol. The van der Waals surface area contributed by atoms with Gasteiger partial charge >= 0.3 is 0 Å². The zero-order valence-corrected chi connectivity index (χ0v) is 13.9. The fourth-order valence-corrected chi connectivity index (χ4v) is 2.64. The number of carbonyl (C=O) groups is 1. The highest BCUT2D eigenvalue weighted by Gasteiger charge is 2.09. The molecule has 0 aliphatic heterocycles. The van der Waals surface area contributed by atoms with Gasteiger partial charge in [-0.25, -0.2) is 0 Å². The van der Waals surface area contributed by atoms with E-state index in [9.17, 15) is 9.90 Å². The van der Waals surface area contributed by atoms with Gasteiger partial charge in [-0.05, 0) is 42.5 Å². The van der Waals surface area contributed by atoms with Crippen molar-refractivity contribution in [2.24, 2.45) is 4.99 Å². The van der Waals surface area contributed by atoms with Crippen LogP contribution in [0.4, 0.5) is 11.4 Å². The van der Waals surface area contributed by atoms with Gasteiger partial charge in [0.25, 0.3) is 0 Å². The SMILES string of the molecule is CC(=O)Nc1ccc(N=Cc2c(O)[nH]c3ccc(Br)cc23)cc1. The van der Waals surface area contributed by atoms with Crippen molar-refractivity contribution in [3.05, 3.63) is 52.5 Å². The summed E-state index contributed by atoms with van der Waals surface area (Å²) in [6, 6.07) is 12.9. The van der Waals surface area contributed by atoms with Gasteiger partial charge in [0, 0.05) is 34.2 Å². The molecule has 0 radical (unpaired) electrons. The van der Waals surface area contributed by atoms with E-state index in [0.29, 0.717) is 5.56 Å². The summed E-state index contributed by atoms with van der Waals surface area (Å²) in [5.74, 6) is -0.0349. The van der Waals surface area contributed by atoms with Crippen molar-refractivity contribution in [3.63, 3.8) is 0 Å². The number of carbonyl (C=O) groups excluding carboxylic acids is 1. The molecule has 3 aromatic rings. The number of hydrogen-bond donors (Lipinski definition) is 3. The number of fused-ring (bicyclic) bond motifs is 1. The second kappa shape index (κ2) is 6.26. The Hall–Kier alpha value is -2.60. The van der Waals surface area contributed by atoms with Crippen LogP contribution in [0.25, 0.3) is 10.9 Å². The van der Waals surface area contributed by atoms with Gasteiger partial charge in [-0.2, -0.15) is 0 Å². The van der Waals surface area contributed by atoms with Crippen LogP contribution in [0.15, 0.2) is 51.9 Å². The van der Waals surface area contributed by atoms with Crippen molar-refractivity contribution < 1.29 is 9.90 Å². The Labute approximate surface area is 141 Å². The van der Waals surface area contributed by atoms with Crippen molar-refractivity contribution >= 4 is 50.3 Å². The number of hydrogen-bond acceptors (Lipinski definition) is 3. The standard InChI is InChI=1S/C17H14BrN3O2/c1-10(22)20-13-5-3-12(4-6-13)19-9-15-14-8-11(18)2-7-16(14)21-17(15)23/h2-9,21,23H,1H3,(H,20,22). The predicted octanol–water partition coefficient (Wildman–Crippen LogP) is 4.35. The molecule has 23 heavy (non-hydrogen) atoms. The summed E-state index contributed by atoms with van der Waals surface area (Å²) in [7, 11) is 0. The number of nitrogens with zero attached hydrogens (tertiary/aromatic N) is 1. The monoisotopic (exact) mass is 371 g/mol. The minimum Gasteiger partial charge on any atom is -0.494 e. The molecule has 1 amide bonds. The van der Waals surface area contributed by atoms with E-state index in [4.69, 9.17) is 0 Å². The van der Waals surface area contributed by atoms with Crippen LogP contribution in [0.1, 0.15) is 12.5 Å². The minimum absolute atomic E-state index is 0.0803. The summed E-state index contributed by atoms with van der Waals surface area (Å²) in [5.41, 5.74) is 2.92. The summed E-state index contributed by atoms with van der Waals surface area (Å²) >= 11 is 3.42. The molecular formula is C17H14BrN3O2. The molecule has 6 heteroatoms. The third-order valence-electron chi connectivity index (χ3n) is 3.31. The zero-order chi connectivity index (χ0) is 16.4. The highest BCUT2D eigenvalue weighted by molar-refractivity contribution is 9.10. The third-order valence-corrected chi connectivity index (χ3v) is 3.80. The fraction of sp³-hybridized carbons (Fsp3) is 0.0588. The number of nitrogens with one attached hydrogen (secondary N) is 2. The number of rotatable bonds is 3. The summed E-state index contributed by atoms with van der Waals surface area (Å²) < 4.78 is 0.929. The fourth-order valence-electron chi connectivity index (χ4n) is 2.27. The molecule has 0 saturated heterocycles. The van der Waals surface area contributed by atoms with Gasteiger partial charge in [-0.3, -0.25) is 9.79 Å². The number of aromatic amines is 1. The first-order chi connectivity index (χ1) is 11.0. The number of H-pyrrole nitrogens is 1. The van der Waals surface area contributed by atoms with E-state index in [2.05, 4.69) is 31.2 Å². The Morgan fingerprint density at radius 1 is 1.26 bits per heavy atom. The maximum atomic E-state index is 11.0. The van der Waals surface area contributed by atoms with E-state index in [1.54, 1.807) is 30.5 Å². The molecule has 0 aliphatic carbocycles. The first kappa shape index (κ1) is 15.3. The first-order valence-electron chi connectivity index (χ1n) is 6.95. The average Bonchev–Trinajstić information content (AvgIpc) is 2.81. The number of aromatic nitrogens is 1. The lowest BCUT2D eigenvalue weighted by molar-refractivity contribution is -0.114. The topological polar surface area (TPSA) is 77.5 Å². The van der Waals surface area contributed by atoms with Gasteiger partial charge in [0.15, 0.2) is 5.88 Å². The largest absolute Gasteiger partial charge is 0.494 e. The number of anilines is 1. The first-order valence-corrected chi connectivity index (χ1v) is 7.74. The summed E-state index contributed by atoms with van der Waals surface area (Å²) in [6.07, 6.45) is 1.62. The molecule has 2 aromatic carbocycles. The summed E-state index contributed by atoms with van der Waals surface area (Å²) in [6.45, 7) is 1.46. The highest BCUT2D eigenvalue weighted by atomic mass is 79.9. The molecule has 116 valence electrons. The van der Waals surface area contributed by atoms with Crippen LogP contribution in [0.3, 0.4) is 0 Å². The number of aliphatic imine (C=N–C) groups is 1. The molecule has 1 aromatic heterocycles. The molecule has 3 rings (SSSR count). The molecule has 0 atom stereocenters. The lowest BCUT2D eigenvalue weighted by atomic mass is 10.2. The van der Waals surface area contributed by atoms with Crippen LogP contribution >= 0.6 is 15.9 Å². The molecule has 5 nitrogen and oxygen atoms in total.